The van der Waals surface area contributed by atoms with Gasteiger partial charge in [0.05, 0.1) is 6.10 Å². The second-order valence-corrected chi connectivity index (χ2v) is 7.07. The number of ether oxygens (including phenoxy) is 1. The van der Waals surface area contributed by atoms with Crippen LogP contribution < -0.4 is 5.32 Å². The van der Waals surface area contributed by atoms with Gasteiger partial charge >= 0.3 is 0 Å². The van der Waals surface area contributed by atoms with Crippen LogP contribution in [-0.4, -0.2) is 48.8 Å². The molecule has 1 N–H and O–H groups in total. The molecule has 2 aliphatic rings. The largest absolute Gasteiger partial charge is 0.378 e. The van der Waals surface area contributed by atoms with Gasteiger partial charge in [0, 0.05) is 37.8 Å². The fourth-order valence-corrected chi connectivity index (χ4v) is 3.82. The minimum atomic E-state index is 0.335. The van der Waals surface area contributed by atoms with Gasteiger partial charge in [-0.3, -0.25) is 4.90 Å². The molecule has 0 aromatic carbocycles. The van der Waals surface area contributed by atoms with E-state index in [0.29, 0.717) is 17.7 Å². The van der Waals surface area contributed by atoms with Gasteiger partial charge in [0.1, 0.15) is 0 Å². The quantitative estimate of drug-likeness (QED) is 0.810. The van der Waals surface area contributed by atoms with Crippen molar-refractivity contribution in [3.8, 4) is 0 Å². The fourth-order valence-electron chi connectivity index (χ4n) is 3.82. The molecule has 0 saturated carbocycles. The van der Waals surface area contributed by atoms with Crippen LogP contribution in [0.15, 0.2) is 0 Å². The molecule has 2 fully saturated rings. The first kappa shape index (κ1) is 16.3. The zero-order valence-electron chi connectivity index (χ0n) is 14.0. The highest BCUT2D eigenvalue weighted by molar-refractivity contribution is 4.97. The highest BCUT2D eigenvalue weighted by Crippen LogP contribution is 2.26. The van der Waals surface area contributed by atoms with Gasteiger partial charge in [0.15, 0.2) is 0 Å². The van der Waals surface area contributed by atoms with Crippen molar-refractivity contribution in [2.45, 2.75) is 77.5 Å². The van der Waals surface area contributed by atoms with E-state index < -0.39 is 0 Å². The lowest BCUT2D eigenvalue weighted by Gasteiger charge is -2.49. The van der Waals surface area contributed by atoms with Gasteiger partial charge in [-0.05, 0) is 38.0 Å². The lowest BCUT2D eigenvalue weighted by molar-refractivity contribution is 0.0308. The second-order valence-electron chi connectivity index (χ2n) is 7.07. The van der Waals surface area contributed by atoms with Crippen LogP contribution in [0.1, 0.15) is 59.8 Å². The van der Waals surface area contributed by atoms with E-state index in [2.05, 4.69) is 37.9 Å². The van der Waals surface area contributed by atoms with Crippen LogP contribution in [0.3, 0.4) is 0 Å². The summed E-state index contributed by atoms with van der Waals surface area (Å²) < 4.78 is 5.80. The third-order valence-electron chi connectivity index (χ3n) is 5.55. The van der Waals surface area contributed by atoms with Crippen molar-refractivity contribution >= 4 is 0 Å². The number of nitrogens with zero attached hydrogens (tertiary/aromatic N) is 1. The molecule has 2 aliphatic heterocycles. The number of hydrogen-bond acceptors (Lipinski definition) is 3. The summed E-state index contributed by atoms with van der Waals surface area (Å²) in [4.78, 5) is 2.75. The SMILES string of the molecule is CCC1(CC)CN(CCC2CCCO2)C(C(C)C)CN1. The Kier molecular flexibility index (Phi) is 5.88. The molecule has 0 aromatic rings. The second kappa shape index (κ2) is 7.24. The van der Waals surface area contributed by atoms with Crippen molar-refractivity contribution < 1.29 is 4.74 Å². The van der Waals surface area contributed by atoms with E-state index >= 15 is 0 Å². The predicted octanol–water partition coefficient (Wildman–Crippen LogP) is 3.04. The maximum absolute atomic E-state index is 5.80. The smallest absolute Gasteiger partial charge is 0.0588 e. The van der Waals surface area contributed by atoms with Crippen molar-refractivity contribution in [3.63, 3.8) is 0 Å². The van der Waals surface area contributed by atoms with Crippen LogP contribution in [0.4, 0.5) is 0 Å². The summed E-state index contributed by atoms with van der Waals surface area (Å²) in [5, 5.41) is 3.85. The van der Waals surface area contributed by atoms with Crippen LogP contribution in [0.2, 0.25) is 0 Å². The van der Waals surface area contributed by atoms with Gasteiger partial charge in [-0.25, -0.2) is 0 Å². The zero-order valence-corrected chi connectivity index (χ0v) is 14.0. The van der Waals surface area contributed by atoms with Crippen molar-refractivity contribution in [2.75, 3.05) is 26.2 Å². The highest BCUT2D eigenvalue weighted by Gasteiger charge is 2.37. The van der Waals surface area contributed by atoms with E-state index in [9.17, 15) is 0 Å². The number of rotatable bonds is 6. The summed E-state index contributed by atoms with van der Waals surface area (Å²) in [5.41, 5.74) is 0.335. The van der Waals surface area contributed by atoms with Gasteiger partial charge in [-0.15, -0.1) is 0 Å². The average molecular weight is 282 g/mol. The lowest BCUT2D eigenvalue weighted by Crippen LogP contribution is -2.65. The molecule has 0 amide bonds. The van der Waals surface area contributed by atoms with Crippen LogP contribution in [-0.2, 0) is 4.74 Å². The van der Waals surface area contributed by atoms with Gasteiger partial charge in [0.25, 0.3) is 0 Å². The predicted molar refractivity (Wildman–Crippen MR) is 85.1 cm³/mol. The van der Waals surface area contributed by atoms with Crippen LogP contribution in [0.25, 0.3) is 0 Å². The monoisotopic (exact) mass is 282 g/mol. The Morgan fingerprint density at radius 3 is 2.60 bits per heavy atom. The molecule has 2 saturated heterocycles. The Hall–Kier alpha value is -0.120. The van der Waals surface area contributed by atoms with Crippen molar-refractivity contribution in [1.82, 2.24) is 10.2 Å². The summed E-state index contributed by atoms with van der Waals surface area (Å²) in [5.74, 6) is 0.721. The van der Waals surface area contributed by atoms with E-state index in [4.69, 9.17) is 4.74 Å². The van der Waals surface area contributed by atoms with Crippen LogP contribution in [0, 0.1) is 5.92 Å². The highest BCUT2D eigenvalue weighted by atomic mass is 16.5. The minimum Gasteiger partial charge on any atom is -0.378 e. The van der Waals surface area contributed by atoms with E-state index in [-0.39, 0.29) is 0 Å². The maximum atomic E-state index is 5.80. The Labute approximate surface area is 125 Å². The van der Waals surface area contributed by atoms with Crippen LogP contribution in [0.5, 0.6) is 0 Å². The average Bonchev–Trinajstić information content (AvgIpc) is 2.97. The van der Waals surface area contributed by atoms with Gasteiger partial charge in [-0.1, -0.05) is 27.7 Å². The first-order valence-electron chi connectivity index (χ1n) is 8.71. The zero-order chi connectivity index (χ0) is 14.6. The molecule has 0 aromatic heterocycles. The fraction of sp³-hybridized carbons (Fsp3) is 1.00. The molecule has 3 heteroatoms. The Balaban J connectivity index is 1.94. The van der Waals surface area contributed by atoms with E-state index in [0.717, 1.165) is 19.1 Å². The Morgan fingerprint density at radius 2 is 2.05 bits per heavy atom. The molecular weight excluding hydrogens is 248 g/mol. The standard InChI is InChI=1S/C17H34N2O/c1-5-17(6-2)13-19(16(12-18-17)14(3)4)10-9-15-8-7-11-20-15/h14-16,18H,5-13H2,1-4H3. The molecule has 2 heterocycles. The number of piperazine rings is 1. The molecule has 20 heavy (non-hydrogen) atoms. The summed E-state index contributed by atoms with van der Waals surface area (Å²) in [6.45, 7) is 13.9. The summed E-state index contributed by atoms with van der Waals surface area (Å²) in [6.07, 6.45) is 6.72. The molecule has 2 unspecified atom stereocenters. The molecule has 2 atom stereocenters. The van der Waals surface area contributed by atoms with Crippen molar-refractivity contribution in [1.29, 1.82) is 0 Å². The number of hydrogen-bond donors (Lipinski definition) is 1. The third kappa shape index (κ3) is 3.75. The summed E-state index contributed by atoms with van der Waals surface area (Å²) in [7, 11) is 0. The molecule has 0 bridgehead atoms. The maximum Gasteiger partial charge on any atom is 0.0588 e. The molecule has 3 nitrogen and oxygen atoms in total. The molecule has 0 radical (unpaired) electrons. The van der Waals surface area contributed by atoms with Crippen molar-refractivity contribution in [3.05, 3.63) is 0 Å². The van der Waals surface area contributed by atoms with Gasteiger partial charge in [0.2, 0.25) is 0 Å². The van der Waals surface area contributed by atoms with E-state index in [1.54, 1.807) is 0 Å². The Bertz CT molecular complexity index is 283. The first-order chi connectivity index (χ1) is 9.60. The molecular formula is C17H34N2O. The minimum absolute atomic E-state index is 0.335. The van der Waals surface area contributed by atoms with Gasteiger partial charge in [-0.2, -0.15) is 0 Å². The molecule has 118 valence electrons. The summed E-state index contributed by atoms with van der Waals surface area (Å²) in [6, 6.07) is 0.683. The molecule has 2 rings (SSSR count). The van der Waals surface area contributed by atoms with E-state index in [1.165, 1.54) is 45.2 Å². The molecule has 0 spiro atoms. The van der Waals surface area contributed by atoms with Crippen molar-refractivity contribution in [2.24, 2.45) is 5.92 Å². The Morgan fingerprint density at radius 1 is 1.30 bits per heavy atom. The van der Waals surface area contributed by atoms with E-state index in [1.807, 2.05) is 0 Å². The first-order valence-corrected chi connectivity index (χ1v) is 8.71. The molecule has 0 aliphatic carbocycles. The van der Waals surface area contributed by atoms with Crippen LogP contribution >= 0.6 is 0 Å². The van der Waals surface area contributed by atoms with Gasteiger partial charge < -0.3 is 10.1 Å². The topological polar surface area (TPSA) is 24.5 Å². The summed E-state index contributed by atoms with van der Waals surface area (Å²) >= 11 is 0. The third-order valence-corrected chi connectivity index (χ3v) is 5.55. The lowest BCUT2D eigenvalue weighted by atomic mass is 9.86. The normalized spacial score (nSPS) is 31.1. The number of nitrogens with one attached hydrogen (secondary N) is 1.